The molecule has 0 aliphatic carbocycles. The summed E-state index contributed by atoms with van der Waals surface area (Å²) in [6.45, 7) is 3.68. The van der Waals surface area contributed by atoms with Crippen LogP contribution >= 0.6 is 0 Å². The maximum Gasteiger partial charge on any atom is 0.271 e. The predicted octanol–water partition coefficient (Wildman–Crippen LogP) is 0.210. The van der Waals surface area contributed by atoms with E-state index >= 15 is 0 Å². The number of nitrogens with one attached hydrogen (secondary N) is 2. The number of aryl methyl sites for hydroxylation is 2. The summed E-state index contributed by atoms with van der Waals surface area (Å²) in [6.07, 6.45) is 2.34. The van der Waals surface area contributed by atoms with Crippen molar-refractivity contribution in [1.82, 2.24) is 20.4 Å². The molecule has 1 aliphatic rings. The molecular formula is C11H18N4O. The number of carbonyl (C=O) groups is 1. The molecule has 1 unspecified atom stereocenters. The fraction of sp³-hybridized carbons (Fsp3) is 0.636. The number of hydrogen-bond acceptors (Lipinski definition) is 3. The van der Waals surface area contributed by atoms with Crippen LogP contribution in [0.15, 0.2) is 6.07 Å². The summed E-state index contributed by atoms with van der Waals surface area (Å²) in [4.78, 5) is 11.8. The van der Waals surface area contributed by atoms with E-state index in [0.29, 0.717) is 18.3 Å². The first kappa shape index (κ1) is 11.1. The van der Waals surface area contributed by atoms with E-state index in [1.807, 2.05) is 14.0 Å². The quantitative estimate of drug-likeness (QED) is 0.768. The lowest BCUT2D eigenvalue weighted by atomic mass is 10.2. The number of aromatic nitrogens is 2. The molecule has 1 fully saturated rings. The number of nitrogens with zero attached hydrogens (tertiary/aromatic N) is 2. The molecule has 1 atom stereocenters. The van der Waals surface area contributed by atoms with Crippen molar-refractivity contribution in [1.29, 1.82) is 0 Å². The highest BCUT2D eigenvalue weighted by atomic mass is 16.1. The van der Waals surface area contributed by atoms with Gasteiger partial charge in [0.15, 0.2) is 0 Å². The second-order valence-electron chi connectivity index (χ2n) is 4.30. The molecule has 1 aromatic rings. The van der Waals surface area contributed by atoms with Crippen LogP contribution in [0, 0.1) is 6.92 Å². The highest BCUT2D eigenvalue weighted by Gasteiger charge is 2.16. The maximum atomic E-state index is 11.8. The van der Waals surface area contributed by atoms with Crippen molar-refractivity contribution in [3.63, 3.8) is 0 Å². The van der Waals surface area contributed by atoms with Crippen molar-refractivity contribution < 1.29 is 4.79 Å². The molecule has 1 saturated heterocycles. The Balaban J connectivity index is 1.87. The van der Waals surface area contributed by atoms with E-state index in [2.05, 4.69) is 15.7 Å². The van der Waals surface area contributed by atoms with Crippen LogP contribution in [-0.4, -0.2) is 34.8 Å². The van der Waals surface area contributed by atoms with Crippen molar-refractivity contribution in [2.75, 3.05) is 13.1 Å². The second kappa shape index (κ2) is 4.65. The Morgan fingerprint density at radius 3 is 3.12 bits per heavy atom. The van der Waals surface area contributed by atoms with Crippen LogP contribution in [0.2, 0.25) is 0 Å². The largest absolute Gasteiger partial charge is 0.349 e. The van der Waals surface area contributed by atoms with Gasteiger partial charge >= 0.3 is 0 Å². The Kier molecular flexibility index (Phi) is 3.24. The van der Waals surface area contributed by atoms with Gasteiger partial charge in [0.05, 0.1) is 0 Å². The highest BCUT2D eigenvalue weighted by molar-refractivity contribution is 5.92. The summed E-state index contributed by atoms with van der Waals surface area (Å²) in [5.74, 6) is -0.0857. The summed E-state index contributed by atoms with van der Waals surface area (Å²) in [7, 11) is 1.84. The molecule has 5 nitrogen and oxygen atoms in total. The minimum atomic E-state index is -0.0857. The van der Waals surface area contributed by atoms with Crippen LogP contribution in [0.1, 0.15) is 29.0 Å². The van der Waals surface area contributed by atoms with E-state index < -0.39 is 0 Å². The summed E-state index contributed by atoms with van der Waals surface area (Å²) < 4.78 is 1.71. The third kappa shape index (κ3) is 2.41. The molecule has 2 rings (SSSR count). The number of carbonyl (C=O) groups excluding carboxylic acids is 1. The highest BCUT2D eigenvalue weighted by Crippen LogP contribution is 2.04. The number of rotatable bonds is 3. The van der Waals surface area contributed by atoms with Crippen molar-refractivity contribution in [2.24, 2.45) is 7.05 Å². The van der Waals surface area contributed by atoms with Crippen LogP contribution in [0.3, 0.4) is 0 Å². The lowest BCUT2D eigenvalue weighted by Crippen LogP contribution is -2.37. The van der Waals surface area contributed by atoms with Gasteiger partial charge < -0.3 is 10.6 Å². The van der Waals surface area contributed by atoms with Gasteiger partial charge in [-0.2, -0.15) is 5.10 Å². The average molecular weight is 222 g/mol. The molecule has 1 aromatic heterocycles. The standard InChI is InChI=1S/C11H18N4O/c1-8-6-10(14-15(8)2)11(16)13-7-9-4-3-5-12-9/h6,9,12H,3-5,7H2,1-2H3,(H,13,16). The zero-order chi connectivity index (χ0) is 11.5. The normalized spacial score (nSPS) is 20.0. The zero-order valence-electron chi connectivity index (χ0n) is 9.79. The fourth-order valence-corrected chi connectivity index (χ4v) is 1.91. The first-order valence-corrected chi connectivity index (χ1v) is 5.69. The van der Waals surface area contributed by atoms with Gasteiger partial charge in [0.25, 0.3) is 5.91 Å². The minimum Gasteiger partial charge on any atom is -0.349 e. The van der Waals surface area contributed by atoms with Crippen molar-refractivity contribution >= 4 is 5.91 Å². The predicted molar refractivity (Wildman–Crippen MR) is 61.3 cm³/mol. The number of hydrogen-bond donors (Lipinski definition) is 2. The third-order valence-electron chi connectivity index (χ3n) is 3.02. The Morgan fingerprint density at radius 2 is 2.56 bits per heavy atom. The first-order valence-electron chi connectivity index (χ1n) is 5.69. The molecule has 0 radical (unpaired) electrons. The van der Waals surface area contributed by atoms with Crippen LogP contribution in [0.25, 0.3) is 0 Å². The van der Waals surface area contributed by atoms with E-state index in [1.54, 1.807) is 10.7 Å². The molecule has 0 saturated carbocycles. The zero-order valence-corrected chi connectivity index (χ0v) is 9.79. The third-order valence-corrected chi connectivity index (χ3v) is 3.02. The molecule has 1 amide bonds. The Hall–Kier alpha value is -1.36. The SMILES string of the molecule is Cc1cc(C(=O)NCC2CCCN2)nn1C. The van der Waals surface area contributed by atoms with Crippen LogP contribution in [-0.2, 0) is 7.05 Å². The monoisotopic (exact) mass is 222 g/mol. The topological polar surface area (TPSA) is 59.0 Å². The molecule has 2 heterocycles. The molecule has 1 aliphatic heterocycles. The molecule has 5 heteroatoms. The van der Waals surface area contributed by atoms with Crippen molar-refractivity contribution in [2.45, 2.75) is 25.8 Å². The van der Waals surface area contributed by atoms with E-state index in [9.17, 15) is 4.79 Å². The fourth-order valence-electron chi connectivity index (χ4n) is 1.91. The molecule has 88 valence electrons. The minimum absolute atomic E-state index is 0.0857. The lowest BCUT2D eigenvalue weighted by Gasteiger charge is -2.10. The Labute approximate surface area is 95.2 Å². The number of amides is 1. The van der Waals surface area contributed by atoms with Crippen LogP contribution in [0.4, 0.5) is 0 Å². The summed E-state index contributed by atoms with van der Waals surface area (Å²) in [5, 5.41) is 10.4. The summed E-state index contributed by atoms with van der Waals surface area (Å²) in [6, 6.07) is 2.23. The van der Waals surface area contributed by atoms with Gasteiger partial charge in [0.2, 0.25) is 0 Å². The molecule has 0 aromatic carbocycles. The van der Waals surface area contributed by atoms with Crippen molar-refractivity contribution in [3.05, 3.63) is 17.5 Å². The van der Waals surface area contributed by atoms with E-state index in [1.165, 1.54) is 6.42 Å². The van der Waals surface area contributed by atoms with Crippen molar-refractivity contribution in [3.8, 4) is 0 Å². The molecule has 0 spiro atoms. The van der Waals surface area contributed by atoms with Gasteiger partial charge in [-0.3, -0.25) is 9.48 Å². The summed E-state index contributed by atoms with van der Waals surface area (Å²) >= 11 is 0. The van der Waals surface area contributed by atoms with Crippen LogP contribution in [0.5, 0.6) is 0 Å². The van der Waals surface area contributed by atoms with Crippen LogP contribution < -0.4 is 10.6 Å². The molecule has 16 heavy (non-hydrogen) atoms. The van der Waals surface area contributed by atoms with E-state index in [4.69, 9.17) is 0 Å². The van der Waals surface area contributed by atoms with Gasteiger partial charge in [0.1, 0.15) is 5.69 Å². The Morgan fingerprint density at radius 1 is 1.75 bits per heavy atom. The van der Waals surface area contributed by atoms with E-state index in [-0.39, 0.29) is 5.91 Å². The van der Waals surface area contributed by atoms with Gasteiger partial charge in [-0.15, -0.1) is 0 Å². The van der Waals surface area contributed by atoms with Gasteiger partial charge in [-0.1, -0.05) is 0 Å². The molecule has 2 N–H and O–H groups in total. The lowest BCUT2D eigenvalue weighted by molar-refractivity contribution is 0.0944. The Bertz CT molecular complexity index is 360. The maximum absolute atomic E-state index is 11.8. The van der Waals surface area contributed by atoms with Gasteiger partial charge in [-0.25, -0.2) is 0 Å². The average Bonchev–Trinajstić information content (AvgIpc) is 2.86. The summed E-state index contributed by atoms with van der Waals surface area (Å²) in [5.41, 5.74) is 1.49. The van der Waals surface area contributed by atoms with E-state index in [0.717, 1.165) is 18.7 Å². The first-order chi connectivity index (χ1) is 7.66. The molecular weight excluding hydrogens is 204 g/mol. The second-order valence-corrected chi connectivity index (χ2v) is 4.30. The molecule has 0 bridgehead atoms. The van der Waals surface area contributed by atoms with Gasteiger partial charge in [0, 0.05) is 25.3 Å². The van der Waals surface area contributed by atoms with Gasteiger partial charge in [-0.05, 0) is 32.4 Å². The smallest absolute Gasteiger partial charge is 0.271 e.